The van der Waals surface area contributed by atoms with Gasteiger partial charge in [0, 0.05) is 16.8 Å². The third-order valence-electron chi connectivity index (χ3n) is 3.89. The molecule has 0 unspecified atom stereocenters. The Labute approximate surface area is 148 Å². The average Bonchev–Trinajstić information content (AvgIpc) is 2.80. The number of amides is 2. The lowest BCUT2D eigenvalue weighted by atomic mass is 10.2. The summed E-state index contributed by atoms with van der Waals surface area (Å²) in [5.41, 5.74) is 2.35. The van der Waals surface area contributed by atoms with Gasteiger partial charge in [-0.25, -0.2) is 14.2 Å². The highest BCUT2D eigenvalue weighted by Crippen LogP contribution is 2.39. The van der Waals surface area contributed by atoms with E-state index in [0.717, 1.165) is 21.2 Å². The first-order valence-electron chi connectivity index (χ1n) is 7.75. The molecule has 1 aliphatic rings. The molecule has 124 valence electrons. The molecule has 1 N–H and O–H groups in total. The van der Waals surface area contributed by atoms with Crippen molar-refractivity contribution in [1.82, 2.24) is 4.98 Å². The fourth-order valence-corrected chi connectivity index (χ4v) is 3.68. The fraction of sp³-hybridized carbons (Fsp3) is 0.0526. The quantitative estimate of drug-likeness (QED) is 0.676. The van der Waals surface area contributed by atoms with Crippen LogP contribution in [0.4, 0.5) is 20.6 Å². The second-order valence-corrected chi connectivity index (χ2v) is 6.59. The summed E-state index contributed by atoms with van der Waals surface area (Å²) in [5, 5.41) is 3.60. The molecule has 4 nitrogen and oxygen atoms in total. The van der Waals surface area contributed by atoms with Crippen LogP contribution in [0.1, 0.15) is 5.56 Å². The first-order chi connectivity index (χ1) is 12.2. The zero-order valence-corrected chi connectivity index (χ0v) is 14.0. The van der Waals surface area contributed by atoms with Crippen LogP contribution in [0.5, 0.6) is 0 Å². The monoisotopic (exact) mass is 351 g/mol. The van der Waals surface area contributed by atoms with Gasteiger partial charge in [0.05, 0.1) is 12.2 Å². The zero-order valence-electron chi connectivity index (χ0n) is 13.1. The van der Waals surface area contributed by atoms with E-state index in [1.54, 1.807) is 22.9 Å². The summed E-state index contributed by atoms with van der Waals surface area (Å²) in [7, 11) is 0. The van der Waals surface area contributed by atoms with Gasteiger partial charge >= 0.3 is 6.03 Å². The van der Waals surface area contributed by atoms with E-state index in [2.05, 4.69) is 10.3 Å². The van der Waals surface area contributed by atoms with Crippen molar-refractivity contribution in [3.8, 4) is 0 Å². The van der Waals surface area contributed by atoms with E-state index in [1.165, 1.54) is 24.3 Å². The maximum Gasteiger partial charge on any atom is 0.326 e. The van der Waals surface area contributed by atoms with Crippen LogP contribution in [-0.2, 0) is 6.54 Å². The van der Waals surface area contributed by atoms with Gasteiger partial charge in [0.15, 0.2) is 0 Å². The summed E-state index contributed by atoms with van der Waals surface area (Å²) in [6, 6.07) is 17.1. The highest BCUT2D eigenvalue weighted by molar-refractivity contribution is 7.99. The van der Waals surface area contributed by atoms with E-state index in [9.17, 15) is 9.18 Å². The Kier molecular flexibility index (Phi) is 4.11. The van der Waals surface area contributed by atoms with E-state index in [4.69, 9.17) is 0 Å². The van der Waals surface area contributed by atoms with Crippen LogP contribution in [0.2, 0.25) is 0 Å². The number of nitrogens with one attached hydrogen (secondary N) is 1. The van der Waals surface area contributed by atoms with Gasteiger partial charge < -0.3 is 5.32 Å². The van der Waals surface area contributed by atoms with E-state index in [-0.39, 0.29) is 11.8 Å². The summed E-state index contributed by atoms with van der Waals surface area (Å²) in [6.07, 6.45) is 1.72. The summed E-state index contributed by atoms with van der Waals surface area (Å²) in [6.45, 7) is 0.439. The number of carbonyl (C=O) groups excluding carboxylic acids is 1. The first-order valence-corrected chi connectivity index (χ1v) is 8.57. The molecular formula is C19H14FN3OS. The summed E-state index contributed by atoms with van der Waals surface area (Å²) < 4.78 is 13.1. The minimum atomic E-state index is -0.340. The number of hydrogen-bond donors (Lipinski definition) is 1. The van der Waals surface area contributed by atoms with Gasteiger partial charge in [-0.05, 0) is 48.0 Å². The summed E-state index contributed by atoms with van der Waals surface area (Å²) in [5.74, 6) is -0.340. The normalized spacial score (nSPS) is 12.8. The van der Waals surface area contributed by atoms with Gasteiger partial charge in [-0.1, -0.05) is 30.0 Å². The van der Waals surface area contributed by atoms with Gasteiger partial charge in [-0.3, -0.25) is 4.90 Å². The molecule has 0 bridgehead atoms. The second-order valence-electron chi connectivity index (χ2n) is 5.56. The van der Waals surface area contributed by atoms with E-state index >= 15 is 0 Å². The molecule has 0 fully saturated rings. The predicted molar refractivity (Wildman–Crippen MR) is 96.4 cm³/mol. The van der Waals surface area contributed by atoms with Crippen LogP contribution in [-0.4, -0.2) is 11.0 Å². The number of aromatic nitrogens is 1. The maximum absolute atomic E-state index is 13.1. The molecule has 0 spiro atoms. The molecule has 1 aliphatic heterocycles. The molecule has 6 heteroatoms. The topological polar surface area (TPSA) is 45.2 Å². The van der Waals surface area contributed by atoms with Crippen molar-refractivity contribution >= 4 is 29.2 Å². The van der Waals surface area contributed by atoms with E-state index < -0.39 is 0 Å². The van der Waals surface area contributed by atoms with Crippen LogP contribution in [0.15, 0.2) is 76.8 Å². The Hall–Kier alpha value is -2.86. The third kappa shape index (κ3) is 3.21. The Morgan fingerprint density at radius 3 is 2.72 bits per heavy atom. The minimum absolute atomic E-state index is 0.279. The van der Waals surface area contributed by atoms with Gasteiger partial charge in [0.1, 0.15) is 10.8 Å². The van der Waals surface area contributed by atoms with Crippen molar-refractivity contribution in [3.63, 3.8) is 0 Å². The Morgan fingerprint density at radius 2 is 1.88 bits per heavy atom. The van der Waals surface area contributed by atoms with Gasteiger partial charge in [0.25, 0.3) is 0 Å². The van der Waals surface area contributed by atoms with Crippen LogP contribution in [0.3, 0.4) is 0 Å². The molecular weight excluding hydrogens is 337 g/mol. The second kappa shape index (κ2) is 6.57. The molecule has 0 aliphatic carbocycles. The number of anilines is 2. The molecule has 2 amide bonds. The maximum atomic E-state index is 13.1. The number of fused-ring (bicyclic) bond motifs is 2. The lowest BCUT2D eigenvalue weighted by Crippen LogP contribution is -2.34. The van der Waals surface area contributed by atoms with Crippen LogP contribution >= 0.6 is 11.8 Å². The highest BCUT2D eigenvalue weighted by Gasteiger charge is 2.25. The largest absolute Gasteiger partial charge is 0.326 e. The Bertz CT molecular complexity index is 930. The standard InChI is InChI=1S/C19H14FN3OS/c20-14-7-9-15(10-8-14)22-19(24)23-12-13-4-1-2-6-17(13)25-18-16(23)5-3-11-21-18/h1-11H,12H2,(H,22,24). The van der Waals surface area contributed by atoms with Gasteiger partial charge in [-0.15, -0.1) is 0 Å². The van der Waals surface area contributed by atoms with Crippen LogP contribution < -0.4 is 10.2 Å². The average molecular weight is 351 g/mol. The highest BCUT2D eigenvalue weighted by atomic mass is 32.2. The number of nitrogens with zero attached hydrogens (tertiary/aromatic N) is 2. The Morgan fingerprint density at radius 1 is 1.08 bits per heavy atom. The van der Waals surface area contributed by atoms with Gasteiger partial charge in [0.2, 0.25) is 0 Å². The number of pyridine rings is 1. The van der Waals surface area contributed by atoms with Crippen molar-refractivity contribution in [1.29, 1.82) is 0 Å². The van der Waals surface area contributed by atoms with Crippen LogP contribution in [0, 0.1) is 5.82 Å². The predicted octanol–water partition coefficient (Wildman–Crippen LogP) is 4.92. The SMILES string of the molecule is O=C(Nc1ccc(F)cc1)N1Cc2ccccc2Sc2ncccc21. The van der Waals surface area contributed by atoms with Gasteiger partial charge in [-0.2, -0.15) is 0 Å². The molecule has 0 radical (unpaired) electrons. The molecule has 0 saturated carbocycles. The number of halogens is 1. The lowest BCUT2D eigenvalue weighted by Gasteiger charge is -2.22. The molecule has 0 saturated heterocycles. The van der Waals surface area contributed by atoms with Crippen molar-refractivity contribution in [2.45, 2.75) is 16.5 Å². The van der Waals surface area contributed by atoms with E-state index in [0.29, 0.717) is 12.2 Å². The van der Waals surface area contributed by atoms with Crippen molar-refractivity contribution in [3.05, 3.63) is 78.2 Å². The molecule has 2 aromatic carbocycles. The molecule has 4 rings (SSSR count). The van der Waals surface area contributed by atoms with Crippen molar-refractivity contribution < 1.29 is 9.18 Å². The molecule has 2 heterocycles. The van der Waals surface area contributed by atoms with E-state index in [1.807, 2.05) is 36.4 Å². The molecule has 3 aromatic rings. The smallest absolute Gasteiger partial charge is 0.308 e. The molecule has 25 heavy (non-hydrogen) atoms. The fourth-order valence-electron chi connectivity index (χ4n) is 2.67. The van der Waals surface area contributed by atoms with Crippen LogP contribution in [0.25, 0.3) is 0 Å². The molecule has 0 atom stereocenters. The summed E-state index contributed by atoms with van der Waals surface area (Å²) >= 11 is 1.55. The number of hydrogen-bond acceptors (Lipinski definition) is 3. The number of rotatable bonds is 1. The number of urea groups is 1. The molecule has 1 aromatic heterocycles. The lowest BCUT2D eigenvalue weighted by molar-refractivity contribution is 0.256. The third-order valence-corrected chi connectivity index (χ3v) is 5.02. The number of carbonyl (C=O) groups is 1. The Balaban J connectivity index is 1.69. The minimum Gasteiger partial charge on any atom is -0.308 e. The first kappa shape index (κ1) is 15.7. The number of benzene rings is 2. The van der Waals surface area contributed by atoms with Crippen molar-refractivity contribution in [2.24, 2.45) is 0 Å². The zero-order chi connectivity index (χ0) is 17.2. The summed E-state index contributed by atoms with van der Waals surface area (Å²) in [4.78, 5) is 20.0. The van der Waals surface area contributed by atoms with Crippen molar-refractivity contribution in [2.75, 3.05) is 10.2 Å².